The molecule has 11 heteroatoms. The predicted octanol–water partition coefficient (Wildman–Crippen LogP) is 0.781. The lowest BCUT2D eigenvalue weighted by Crippen LogP contribution is -2.50. The van der Waals surface area contributed by atoms with E-state index in [1.807, 2.05) is 0 Å². The molecule has 1 atom stereocenters. The Labute approximate surface area is 202 Å². The molecule has 3 heterocycles. The molecule has 11 nitrogen and oxygen atoms in total. The number of rotatable bonds is 8. The van der Waals surface area contributed by atoms with E-state index in [0.717, 1.165) is 25.7 Å². The Balaban J connectivity index is 1.52. The second kappa shape index (κ2) is 9.12. The van der Waals surface area contributed by atoms with Crippen molar-refractivity contribution in [2.75, 3.05) is 33.5 Å². The van der Waals surface area contributed by atoms with Crippen molar-refractivity contribution in [1.29, 1.82) is 0 Å². The van der Waals surface area contributed by atoms with E-state index in [9.17, 15) is 19.5 Å². The van der Waals surface area contributed by atoms with Gasteiger partial charge in [-0.15, -0.1) is 0 Å². The van der Waals surface area contributed by atoms with Crippen LogP contribution >= 0.6 is 0 Å². The molecular formula is C24H31N5O6. The number of carbonyl (C=O) groups is 2. The van der Waals surface area contributed by atoms with Gasteiger partial charge in [-0.05, 0) is 37.2 Å². The summed E-state index contributed by atoms with van der Waals surface area (Å²) in [4.78, 5) is 40.9. The van der Waals surface area contributed by atoms with Gasteiger partial charge in [0.2, 0.25) is 11.8 Å². The molecule has 0 radical (unpaired) electrons. The monoisotopic (exact) mass is 485 g/mol. The largest absolute Gasteiger partial charge is 0.492 e. The number of methoxy groups -OCH3 is 1. The van der Waals surface area contributed by atoms with Crippen LogP contribution in [-0.4, -0.2) is 81.6 Å². The van der Waals surface area contributed by atoms with Gasteiger partial charge < -0.3 is 24.8 Å². The minimum Gasteiger partial charge on any atom is -0.492 e. The summed E-state index contributed by atoms with van der Waals surface area (Å²) in [7, 11) is 1.58. The first kappa shape index (κ1) is 23.6. The van der Waals surface area contributed by atoms with Crippen LogP contribution in [0.2, 0.25) is 0 Å². The number of nitrogens with zero attached hydrogens (tertiary/aromatic N) is 4. The van der Waals surface area contributed by atoms with Crippen LogP contribution in [0.3, 0.4) is 0 Å². The van der Waals surface area contributed by atoms with Crippen molar-refractivity contribution in [1.82, 2.24) is 24.4 Å². The van der Waals surface area contributed by atoms with Crippen molar-refractivity contribution >= 4 is 23.5 Å². The van der Waals surface area contributed by atoms with E-state index in [4.69, 9.17) is 9.47 Å². The van der Waals surface area contributed by atoms with Gasteiger partial charge in [-0.3, -0.25) is 19.0 Å². The molecule has 2 amide bonds. The summed E-state index contributed by atoms with van der Waals surface area (Å²) in [5.41, 5.74) is -0.0766. The zero-order valence-corrected chi connectivity index (χ0v) is 20.0. The Hall–Kier alpha value is -3.18. The first-order valence-electron chi connectivity index (χ1n) is 12.0. The van der Waals surface area contributed by atoms with E-state index >= 15 is 0 Å². The molecule has 0 bridgehead atoms. The smallest absolute Gasteiger partial charge is 0.270 e. The highest BCUT2D eigenvalue weighted by atomic mass is 16.5. The van der Waals surface area contributed by atoms with Gasteiger partial charge in [0.15, 0.2) is 5.56 Å². The van der Waals surface area contributed by atoms with Gasteiger partial charge >= 0.3 is 0 Å². The lowest BCUT2D eigenvalue weighted by Gasteiger charge is -2.34. The molecule has 2 N–H and O–H groups in total. The quantitative estimate of drug-likeness (QED) is 0.529. The number of ether oxygens (including phenoxy) is 2. The third-order valence-corrected chi connectivity index (χ3v) is 6.97. The standard InChI is InChI=1S/C24H31N5O6/c1-24(7-8-24)14-28-21-15(3-6-18(30)27-9-10-35-13-17(27)12-34-2)11-25-29(21)23(33)19(22(28)32)20(31)26-16-4-5-16/h3,6,11,16-17,33H,4-5,7-10,12-14H2,1-2H3,(H,26,31)/b6-3+/t17-/m1/s1. The summed E-state index contributed by atoms with van der Waals surface area (Å²) in [6.07, 6.45) is 8.17. The maximum atomic E-state index is 13.5. The van der Waals surface area contributed by atoms with E-state index in [0.29, 0.717) is 44.1 Å². The van der Waals surface area contributed by atoms with Gasteiger partial charge in [0.05, 0.1) is 32.1 Å². The van der Waals surface area contributed by atoms with Gasteiger partial charge in [-0.2, -0.15) is 9.61 Å². The number of hydrogen-bond acceptors (Lipinski definition) is 7. The van der Waals surface area contributed by atoms with Crippen LogP contribution in [0.25, 0.3) is 11.7 Å². The molecule has 1 aliphatic heterocycles. The highest BCUT2D eigenvalue weighted by Crippen LogP contribution is 2.46. The maximum absolute atomic E-state index is 13.5. The Morgan fingerprint density at radius 3 is 2.83 bits per heavy atom. The first-order valence-corrected chi connectivity index (χ1v) is 12.0. The lowest BCUT2D eigenvalue weighted by atomic mass is 10.1. The topological polar surface area (TPSA) is 127 Å². The molecule has 3 fully saturated rings. The normalized spacial score (nSPS) is 21.5. The molecule has 0 spiro atoms. The van der Waals surface area contributed by atoms with Gasteiger partial charge in [-0.1, -0.05) is 6.92 Å². The Bertz CT molecular complexity index is 1240. The molecule has 0 unspecified atom stereocenters. The van der Waals surface area contributed by atoms with E-state index in [1.165, 1.54) is 21.4 Å². The zero-order valence-electron chi connectivity index (χ0n) is 20.0. The highest BCUT2D eigenvalue weighted by molar-refractivity contribution is 5.97. The number of nitrogens with one attached hydrogen (secondary N) is 1. The predicted molar refractivity (Wildman–Crippen MR) is 126 cm³/mol. The molecule has 2 aliphatic carbocycles. The molecular weight excluding hydrogens is 454 g/mol. The summed E-state index contributed by atoms with van der Waals surface area (Å²) >= 11 is 0. The van der Waals surface area contributed by atoms with Crippen molar-refractivity contribution in [2.45, 2.75) is 51.2 Å². The average Bonchev–Trinajstić information content (AvgIpc) is 3.75. The van der Waals surface area contributed by atoms with Gasteiger partial charge in [-0.25, -0.2) is 0 Å². The number of hydrogen-bond donors (Lipinski definition) is 2. The van der Waals surface area contributed by atoms with Crippen molar-refractivity contribution in [3.05, 3.63) is 33.8 Å². The fourth-order valence-electron chi connectivity index (χ4n) is 4.45. The van der Waals surface area contributed by atoms with E-state index < -0.39 is 17.3 Å². The molecule has 1 saturated heterocycles. The number of aromatic nitrogens is 3. The van der Waals surface area contributed by atoms with Crippen LogP contribution in [0.4, 0.5) is 0 Å². The minimum atomic E-state index is -0.592. The molecule has 2 aromatic heterocycles. The number of aromatic hydroxyl groups is 1. The summed E-state index contributed by atoms with van der Waals surface area (Å²) in [5, 5.41) is 17.9. The summed E-state index contributed by atoms with van der Waals surface area (Å²) in [6, 6.07) is -0.143. The second-order valence-electron chi connectivity index (χ2n) is 10.0. The number of amides is 2. The van der Waals surface area contributed by atoms with Crippen molar-refractivity contribution in [2.24, 2.45) is 5.41 Å². The average molecular weight is 486 g/mol. The summed E-state index contributed by atoms with van der Waals surface area (Å²) in [6.45, 7) is 4.15. The Kier molecular flexibility index (Phi) is 6.14. The first-order chi connectivity index (χ1) is 16.8. The zero-order chi connectivity index (χ0) is 24.7. The van der Waals surface area contributed by atoms with Gasteiger partial charge in [0.1, 0.15) is 5.65 Å². The molecule has 188 valence electrons. The van der Waals surface area contributed by atoms with Crippen LogP contribution in [0.15, 0.2) is 17.1 Å². The fraction of sp³-hybridized carbons (Fsp3) is 0.583. The van der Waals surface area contributed by atoms with Crippen LogP contribution in [0.1, 0.15) is 48.5 Å². The third kappa shape index (κ3) is 4.70. The van der Waals surface area contributed by atoms with Gasteiger partial charge in [0.25, 0.3) is 11.5 Å². The van der Waals surface area contributed by atoms with Crippen molar-refractivity contribution < 1.29 is 24.2 Å². The summed E-state index contributed by atoms with van der Waals surface area (Å²) < 4.78 is 13.4. The Morgan fingerprint density at radius 2 is 2.14 bits per heavy atom. The molecule has 2 saturated carbocycles. The van der Waals surface area contributed by atoms with Gasteiger partial charge in [0, 0.05) is 37.9 Å². The van der Waals surface area contributed by atoms with Crippen LogP contribution in [0.5, 0.6) is 5.88 Å². The maximum Gasteiger partial charge on any atom is 0.270 e. The number of morpholine rings is 1. The highest BCUT2D eigenvalue weighted by Gasteiger charge is 2.39. The molecule has 2 aromatic rings. The fourth-order valence-corrected chi connectivity index (χ4v) is 4.45. The van der Waals surface area contributed by atoms with E-state index in [1.54, 1.807) is 18.1 Å². The second-order valence-corrected chi connectivity index (χ2v) is 10.0. The van der Waals surface area contributed by atoms with Crippen LogP contribution < -0.4 is 10.9 Å². The van der Waals surface area contributed by atoms with Crippen LogP contribution in [-0.2, 0) is 20.8 Å². The number of fused-ring (bicyclic) bond motifs is 1. The summed E-state index contributed by atoms with van der Waals surface area (Å²) in [5.74, 6) is -1.30. The molecule has 35 heavy (non-hydrogen) atoms. The SMILES string of the molecule is COC[C@@H]1COCCN1C(=O)/C=C/c1cnn2c(O)c(C(=O)NC3CC3)c(=O)n(CC3(C)CC3)c12. The minimum absolute atomic E-state index is 0.0376. The third-order valence-electron chi connectivity index (χ3n) is 6.97. The van der Waals surface area contributed by atoms with Crippen molar-refractivity contribution in [3.63, 3.8) is 0 Å². The molecule has 3 aliphatic rings. The molecule has 5 rings (SSSR count). The van der Waals surface area contributed by atoms with E-state index in [2.05, 4.69) is 17.3 Å². The van der Waals surface area contributed by atoms with E-state index in [-0.39, 0.29) is 29.0 Å². The number of carbonyl (C=O) groups excluding carboxylic acids is 2. The van der Waals surface area contributed by atoms with Crippen LogP contribution in [0, 0.1) is 5.41 Å². The lowest BCUT2D eigenvalue weighted by molar-refractivity contribution is -0.136. The van der Waals surface area contributed by atoms with Crippen molar-refractivity contribution in [3.8, 4) is 5.88 Å². The Morgan fingerprint density at radius 1 is 1.37 bits per heavy atom. The molecule has 0 aromatic carbocycles.